The second-order valence-corrected chi connectivity index (χ2v) is 44.9. The van der Waals surface area contributed by atoms with Gasteiger partial charge in [0.05, 0.1) is 74.1 Å². The van der Waals surface area contributed by atoms with E-state index in [2.05, 4.69) is 13.8 Å². The molecule has 0 aromatic carbocycles. The van der Waals surface area contributed by atoms with Crippen LogP contribution >= 0.6 is 0 Å². The van der Waals surface area contributed by atoms with Gasteiger partial charge in [-0.25, -0.2) is 4.79 Å². The molecule has 0 aromatic rings. The van der Waals surface area contributed by atoms with Gasteiger partial charge in [-0.2, -0.15) is 0 Å². The van der Waals surface area contributed by atoms with Crippen molar-refractivity contribution in [3.8, 4) is 0 Å². The van der Waals surface area contributed by atoms with Crippen molar-refractivity contribution in [3.05, 3.63) is 0 Å². The van der Waals surface area contributed by atoms with Crippen LogP contribution in [0.2, 0.25) is 0 Å². The number of carbonyl (C=O) groups is 13. The highest BCUT2D eigenvalue weighted by molar-refractivity contribution is 5.86. The van der Waals surface area contributed by atoms with E-state index < -0.39 is 66.8 Å². The molecule has 121 heavy (non-hydrogen) atoms. The van der Waals surface area contributed by atoms with Crippen LogP contribution in [-0.2, 0) is 124 Å². The maximum Gasteiger partial charge on any atom is 0.347 e. The van der Waals surface area contributed by atoms with Crippen LogP contribution in [0.3, 0.4) is 0 Å². The predicted molar refractivity (Wildman–Crippen MR) is 432 cm³/mol. The molecule has 26 heteroatoms. The van der Waals surface area contributed by atoms with Crippen molar-refractivity contribution in [2.45, 2.75) is 365 Å². The molecule has 0 N–H and O–H groups in total. The van der Waals surface area contributed by atoms with Crippen LogP contribution in [0.15, 0.2) is 0 Å². The number of rotatable bonds is 20. The molecule has 20 aliphatic rings. The second-order valence-electron chi connectivity index (χ2n) is 44.9. The lowest BCUT2D eigenvalue weighted by Gasteiger charge is -2.60. The first-order chi connectivity index (χ1) is 56.3. The van der Waals surface area contributed by atoms with Gasteiger partial charge in [-0.05, 0) is 243 Å². The molecule has 14 aliphatic carbocycles. The van der Waals surface area contributed by atoms with E-state index in [0.717, 1.165) is 122 Å². The summed E-state index contributed by atoms with van der Waals surface area (Å²) in [6.45, 7) is 43.1. The maximum absolute atomic E-state index is 13.1. The highest BCUT2D eigenvalue weighted by atomic mass is 16.6. The van der Waals surface area contributed by atoms with Gasteiger partial charge in [0.1, 0.15) is 65.6 Å². The number of cyclic esters (lactones) is 1. The third kappa shape index (κ3) is 15.5. The van der Waals surface area contributed by atoms with E-state index in [1.54, 1.807) is 0 Å². The fourth-order valence-electron chi connectivity index (χ4n) is 24.9. The normalized spacial score (nSPS) is 42.3. The Morgan fingerprint density at radius 2 is 0.909 bits per heavy atom. The molecule has 0 aromatic heterocycles. The van der Waals surface area contributed by atoms with Gasteiger partial charge in [-0.3, -0.25) is 57.5 Å². The van der Waals surface area contributed by atoms with Crippen molar-refractivity contribution in [2.75, 3.05) is 6.61 Å². The quantitative estimate of drug-likeness (QED) is 0.0807. The first kappa shape index (κ1) is 90.4. The van der Waals surface area contributed by atoms with Crippen LogP contribution in [0.5, 0.6) is 0 Å². The SMILES string of the molecule is CCC(C)(C)C(=O)OC1(C)C2CC3C(=O)OC1C3C2.CCC(C)(C)C(=O)OC12CC3CC(C1)CC(C(=O)OC1CCOC1=O)(C3)C2.CCC(C)(C)C(=O)OC1C2CC3C(=O)OC1(C)C3C2.CCC(C)(C)C(=O)OC1C2CC3C(=O)OC1C3C2.CCC(C)(C)C(=O)OC1C2CC3C1OC(=O)C3C2C.CCC(C)(C)C(=O)OC1C2OC(=O)C3CC1(C)CC32. The zero-order valence-electron chi connectivity index (χ0n) is 75.9. The molecular formula is C95H138O26. The van der Waals surface area contributed by atoms with Gasteiger partial charge < -0.3 is 61.6 Å². The summed E-state index contributed by atoms with van der Waals surface area (Å²) in [7, 11) is 0. The van der Waals surface area contributed by atoms with E-state index >= 15 is 0 Å². The standard InChI is InChI=1S/C21H30O6.4C15H22O4.C14H20O4/c1-4-19(2,3)17(23)27-21-10-13-7-14(11-21)9-20(8-13,12-21)18(24)26-15-5-6-25-16(15)22;1-5-14(2,3)13(17)19-11-10-8-6-15(11,4)7-9(8)12(16)18-10;1-5-14(2,3)13(17)19-15(4)8-6-9-10(7-8)12(16)18-11(9)15;1-5-14(2,3)13(17)18-11-8-6-9-10(7-8)15(11,4)19-12(9)16;1-5-15(3,4)14(17)19-11-8-6-9-10(7(8)2)13(16)18-12(9)11;1-4-14(2,3)13(16)18-10-7-5-8-9(6-7)12(15)17-11(8)10/h13-15H,4-12H2,1-3H3;3*8-11H,5-7H2,1-4H3;7-12H,5-6H2,1-4H3;7-11H,4-6H2,1-3H3. The lowest BCUT2D eigenvalue weighted by Crippen LogP contribution is -2.60. The fraction of sp³-hybridized carbons (Fsp3) is 0.863. The smallest absolute Gasteiger partial charge is 0.347 e. The molecular weight excluding hydrogens is 1560 g/mol. The van der Waals surface area contributed by atoms with Crippen molar-refractivity contribution in [1.29, 1.82) is 0 Å². The van der Waals surface area contributed by atoms with Gasteiger partial charge in [0, 0.05) is 71.5 Å². The van der Waals surface area contributed by atoms with Gasteiger partial charge in [0.2, 0.25) is 6.10 Å². The fourth-order valence-corrected chi connectivity index (χ4v) is 24.9. The van der Waals surface area contributed by atoms with Gasteiger partial charge in [0.25, 0.3) is 0 Å². The first-order valence-electron chi connectivity index (χ1n) is 46.1. The average Bonchev–Trinajstić information content (AvgIpc) is 1.67. The third-order valence-corrected chi connectivity index (χ3v) is 34.9. The van der Waals surface area contributed by atoms with E-state index in [9.17, 15) is 62.3 Å². The number of hydrogen-bond acceptors (Lipinski definition) is 26. The van der Waals surface area contributed by atoms with Crippen LogP contribution in [0.1, 0.15) is 294 Å². The molecule has 29 atom stereocenters. The minimum atomic E-state index is -0.775. The Labute approximate surface area is 714 Å². The Bertz CT molecular complexity index is 4100. The van der Waals surface area contributed by atoms with Crippen LogP contribution < -0.4 is 0 Å². The molecule has 14 bridgehead atoms. The third-order valence-electron chi connectivity index (χ3n) is 34.9. The van der Waals surface area contributed by atoms with Crippen molar-refractivity contribution in [3.63, 3.8) is 0 Å². The van der Waals surface area contributed by atoms with E-state index in [1.165, 1.54) is 0 Å². The molecule has 674 valence electrons. The van der Waals surface area contributed by atoms with Gasteiger partial charge in [-0.15, -0.1) is 0 Å². The Hall–Kier alpha value is -6.89. The number of hydrogen-bond donors (Lipinski definition) is 0. The lowest BCUT2D eigenvalue weighted by molar-refractivity contribution is -0.219. The van der Waals surface area contributed by atoms with Crippen molar-refractivity contribution in [1.82, 2.24) is 0 Å². The van der Waals surface area contributed by atoms with Crippen LogP contribution in [-0.4, -0.2) is 156 Å². The molecule has 29 unspecified atom stereocenters. The average molecular weight is 1700 g/mol. The minimum absolute atomic E-state index is 0.0455. The molecule has 26 nitrogen and oxygen atoms in total. The van der Waals surface area contributed by atoms with Crippen molar-refractivity contribution in [2.24, 2.45) is 144 Å². The summed E-state index contributed by atoms with van der Waals surface area (Å²) in [6, 6.07) is 0. The van der Waals surface area contributed by atoms with Gasteiger partial charge >= 0.3 is 77.6 Å². The molecule has 6 heterocycles. The second kappa shape index (κ2) is 31.6. The van der Waals surface area contributed by atoms with Crippen molar-refractivity contribution >= 4 is 77.6 Å². The van der Waals surface area contributed by atoms with Crippen LogP contribution in [0.4, 0.5) is 0 Å². The Morgan fingerprint density at radius 3 is 1.48 bits per heavy atom. The summed E-state index contributed by atoms with van der Waals surface area (Å²) in [5.41, 5.74) is -5.31. The summed E-state index contributed by atoms with van der Waals surface area (Å²) in [6.07, 6.45) is 15.3. The largest absolute Gasteiger partial charge is 0.463 e. The summed E-state index contributed by atoms with van der Waals surface area (Å²) in [4.78, 5) is 158. The number of esters is 13. The molecule has 0 spiro atoms. The van der Waals surface area contributed by atoms with Crippen molar-refractivity contribution < 1.29 is 124 Å². The predicted octanol–water partition coefficient (Wildman–Crippen LogP) is 14.2. The molecule has 0 amide bonds. The zero-order valence-corrected chi connectivity index (χ0v) is 75.9. The van der Waals surface area contributed by atoms with Crippen LogP contribution in [0, 0.1) is 144 Å². The van der Waals surface area contributed by atoms with E-state index in [-0.39, 0.29) is 191 Å². The first-order valence-corrected chi connectivity index (χ1v) is 46.1. The Balaban J connectivity index is 0.000000119. The molecule has 14 saturated carbocycles. The summed E-state index contributed by atoms with van der Waals surface area (Å²) >= 11 is 0. The maximum atomic E-state index is 13.1. The van der Waals surface area contributed by atoms with E-state index in [1.807, 2.05) is 138 Å². The summed E-state index contributed by atoms with van der Waals surface area (Å²) in [5.74, 6) is 1.63. The van der Waals surface area contributed by atoms with Gasteiger partial charge in [-0.1, -0.05) is 55.4 Å². The zero-order chi connectivity index (χ0) is 88.5. The Kier molecular flexibility index (Phi) is 23.6. The highest BCUT2D eigenvalue weighted by Gasteiger charge is 2.74. The topological polar surface area (TPSA) is 342 Å². The number of carbonyl (C=O) groups excluding carboxylic acids is 13. The lowest BCUT2D eigenvalue weighted by atomic mass is 9.48. The summed E-state index contributed by atoms with van der Waals surface area (Å²) in [5, 5.41) is 0. The van der Waals surface area contributed by atoms with E-state index in [4.69, 9.17) is 61.6 Å². The molecule has 6 saturated heterocycles. The molecule has 0 radical (unpaired) electrons. The van der Waals surface area contributed by atoms with E-state index in [0.29, 0.717) is 61.4 Å². The molecule has 6 aliphatic heterocycles. The minimum Gasteiger partial charge on any atom is -0.463 e. The number of fused-ring (bicyclic) bond motifs is 5. The Morgan fingerprint density at radius 1 is 0.413 bits per heavy atom. The summed E-state index contributed by atoms with van der Waals surface area (Å²) < 4.78 is 72.8. The van der Waals surface area contributed by atoms with Crippen LogP contribution in [0.25, 0.3) is 0 Å². The van der Waals surface area contributed by atoms with Gasteiger partial charge in [0.15, 0.2) is 0 Å². The number of ether oxygens (including phenoxy) is 13. The monoisotopic (exact) mass is 1690 g/mol. The molecule has 20 fully saturated rings. The molecule has 20 rings (SSSR count). The highest BCUT2D eigenvalue weighted by Crippen LogP contribution is 2.67.